The Balaban J connectivity index is 1.39. The average Bonchev–Trinajstić information content (AvgIpc) is 3.54. The lowest BCUT2D eigenvalue weighted by Gasteiger charge is -2.15. The molecule has 2 N–H and O–H groups in total. The van der Waals surface area contributed by atoms with Gasteiger partial charge in [-0.25, -0.2) is 4.98 Å². The van der Waals surface area contributed by atoms with Gasteiger partial charge in [-0.05, 0) is 56.7 Å². The zero-order valence-corrected chi connectivity index (χ0v) is 18.7. The third kappa shape index (κ3) is 4.38. The van der Waals surface area contributed by atoms with Crippen LogP contribution in [0, 0.1) is 0 Å². The highest BCUT2D eigenvalue weighted by Crippen LogP contribution is 2.40. The van der Waals surface area contributed by atoms with Gasteiger partial charge in [-0.3, -0.25) is 14.6 Å². The summed E-state index contributed by atoms with van der Waals surface area (Å²) in [4.78, 5) is 32.7. The zero-order valence-electron chi connectivity index (χ0n) is 17.2. The monoisotopic (exact) mass is 473 g/mol. The molecule has 2 aliphatic rings. The summed E-state index contributed by atoms with van der Waals surface area (Å²) in [7, 11) is 0. The van der Waals surface area contributed by atoms with Crippen molar-refractivity contribution in [2.75, 3.05) is 11.9 Å². The molecule has 0 atom stereocenters. The van der Waals surface area contributed by atoms with Gasteiger partial charge in [0.1, 0.15) is 11.6 Å². The number of nitrogens with zero attached hydrogens (tertiary/aromatic N) is 3. The Morgan fingerprint density at radius 3 is 2.81 bits per heavy atom. The highest BCUT2D eigenvalue weighted by Gasteiger charge is 2.29. The summed E-state index contributed by atoms with van der Waals surface area (Å²) < 4.78 is 7.02. The minimum absolute atomic E-state index is 0.147. The number of halogens is 2. The molecule has 5 rings (SSSR count). The van der Waals surface area contributed by atoms with Gasteiger partial charge in [-0.1, -0.05) is 23.2 Å². The van der Waals surface area contributed by atoms with E-state index in [1.165, 1.54) is 4.68 Å². The molecule has 0 radical (unpaired) electrons. The number of ether oxygens (including phenoxy) is 1. The first-order chi connectivity index (χ1) is 15.5. The van der Waals surface area contributed by atoms with Crippen LogP contribution in [0.3, 0.4) is 0 Å². The topological polar surface area (TPSA) is 102 Å². The number of H-pyrrole nitrogens is 1. The van der Waals surface area contributed by atoms with Crippen LogP contribution in [0.15, 0.2) is 29.1 Å². The molecule has 2 aliphatic carbocycles. The molecular weight excluding hydrogens is 453 g/mol. The Bertz CT molecular complexity index is 1250. The lowest BCUT2D eigenvalue weighted by atomic mass is 9.97. The molecule has 1 saturated carbocycles. The van der Waals surface area contributed by atoms with Gasteiger partial charge in [0.15, 0.2) is 6.61 Å². The van der Waals surface area contributed by atoms with Crippen molar-refractivity contribution < 1.29 is 9.53 Å². The second-order valence-electron chi connectivity index (χ2n) is 8.07. The Hall–Kier alpha value is -2.84. The largest absolute Gasteiger partial charge is 0.482 e. The number of amides is 1. The molecule has 0 spiro atoms. The van der Waals surface area contributed by atoms with Crippen molar-refractivity contribution in [1.82, 2.24) is 19.7 Å². The molecule has 0 bridgehead atoms. The number of carbonyl (C=O) groups excluding carboxylic acids is 1. The number of carbonyl (C=O) groups is 1. The van der Waals surface area contributed by atoms with Crippen LogP contribution in [0.2, 0.25) is 10.0 Å². The van der Waals surface area contributed by atoms with Crippen LogP contribution in [-0.2, 0) is 17.6 Å². The molecule has 3 aromatic rings. The van der Waals surface area contributed by atoms with Crippen LogP contribution in [-0.4, -0.2) is 32.3 Å². The Labute approximate surface area is 193 Å². The second-order valence-corrected chi connectivity index (χ2v) is 8.92. The molecule has 10 heteroatoms. The van der Waals surface area contributed by atoms with E-state index >= 15 is 0 Å². The third-order valence-corrected chi connectivity index (χ3v) is 6.15. The minimum atomic E-state index is -0.389. The number of hydrogen-bond donors (Lipinski definition) is 2. The summed E-state index contributed by atoms with van der Waals surface area (Å²) in [5.41, 5.74) is 2.26. The summed E-state index contributed by atoms with van der Waals surface area (Å²) in [6, 6.07) is 6.61. The molecule has 0 saturated heterocycles. The van der Waals surface area contributed by atoms with Gasteiger partial charge in [0.25, 0.3) is 11.5 Å². The van der Waals surface area contributed by atoms with Crippen LogP contribution in [0.25, 0.3) is 5.95 Å². The van der Waals surface area contributed by atoms with Gasteiger partial charge in [0.05, 0.1) is 16.4 Å². The lowest BCUT2D eigenvalue weighted by Crippen LogP contribution is -2.26. The smallest absolute Gasteiger partial charge is 0.263 e. The van der Waals surface area contributed by atoms with Crippen molar-refractivity contribution in [3.05, 3.63) is 61.6 Å². The number of anilines is 1. The number of rotatable bonds is 6. The second kappa shape index (κ2) is 8.60. The van der Waals surface area contributed by atoms with E-state index in [1.54, 1.807) is 18.2 Å². The number of nitrogens with one attached hydrogen (secondary N) is 2. The quantitative estimate of drug-likeness (QED) is 0.562. The van der Waals surface area contributed by atoms with Gasteiger partial charge >= 0.3 is 0 Å². The molecule has 0 aliphatic heterocycles. The van der Waals surface area contributed by atoms with E-state index in [9.17, 15) is 9.59 Å². The molecule has 2 aromatic heterocycles. The highest BCUT2D eigenvalue weighted by atomic mass is 35.5. The van der Waals surface area contributed by atoms with Crippen molar-refractivity contribution in [3.8, 4) is 11.7 Å². The van der Waals surface area contributed by atoms with E-state index in [-0.39, 0.29) is 18.1 Å². The van der Waals surface area contributed by atoms with Crippen molar-refractivity contribution in [1.29, 1.82) is 0 Å². The van der Waals surface area contributed by atoms with Crippen molar-refractivity contribution in [2.24, 2.45) is 0 Å². The predicted molar refractivity (Wildman–Crippen MR) is 121 cm³/mol. The van der Waals surface area contributed by atoms with E-state index in [0.29, 0.717) is 33.5 Å². The van der Waals surface area contributed by atoms with E-state index in [0.717, 1.165) is 55.5 Å². The summed E-state index contributed by atoms with van der Waals surface area (Å²) in [6.45, 7) is -0.251. The molecule has 0 unspecified atom stereocenters. The number of hydrogen-bond acceptors (Lipinski definition) is 5. The molecule has 8 nitrogen and oxygen atoms in total. The Kier molecular flexibility index (Phi) is 5.65. The fourth-order valence-electron chi connectivity index (χ4n) is 3.83. The number of fused-ring (bicyclic) bond motifs is 1. The standard InChI is InChI=1S/C22H21Cl2N5O3/c23-13-7-8-18(15(24)9-13)32-11-20(30)26-19-10-17(12-5-6-12)28-29(19)22-25-16-4-2-1-3-14(16)21(31)27-22/h7-10,12H,1-6,11H2,(H,26,30)(H,25,27,31). The summed E-state index contributed by atoms with van der Waals surface area (Å²) in [6.07, 6.45) is 5.60. The van der Waals surface area contributed by atoms with Crippen LogP contribution >= 0.6 is 23.2 Å². The van der Waals surface area contributed by atoms with Crippen LogP contribution in [0.1, 0.15) is 48.6 Å². The van der Waals surface area contributed by atoms with Crippen LogP contribution < -0.4 is 15.6 Å². The molecular formula is C22H21Cl2N5O3. The maximum Gasteiger partial charge on any atom is 0.263 e. The first-order valence-electron chi connectivity index (χ1n) is 10.6. The van der Waals surface area contributed by atoms with E-state index in [4.69, 9.17) is 27.9 Å². The first-order valence-corrected chi connectivity index (χ1v) is 11.3. The van der Waals surface area contributed by atoms with Gasteiger partial charge in [0.2, 0.25) is 5.95 Å². The molecule has 1 fully saturated rings. The predicted octanol–water partition coefficient (Wildman–Crippen LogP) is 4.04. The molecule has 1 amide bonds. The Morgan fingerprint density at radius 1 is 1.22 bits per heavy atom. The van der Waals surface area contributed by atoms with Crippen molar-refractivity contribution in [3.63, 3.8) is 0 Å². The molecule has 32 heavy (non-hydrogen) atoms. The maximum atomic E-state index is 12.6. The van der Waals surface area contributed by atoms with Gasteiger partial charge in [0, 0.05) is 22.6 Å². The fraction of sp³-hybridized carbons (Fsp3) is 0.364. The van der Waals surface area contributed by atoms with Gasteiger partial charge in [-0.2, -0.15) is 9.78 Å². The number of benzene rings is 1. The normalized spacial score (nSPS) is 15.3. The lowest BCUT2D eigenvalue weighted by molar-refractivity contribution is -0.118. The maximum absolute atomic E-state index is 12.6. The summed E-state index contributed by atoms with van der Waals surface area (Å²) in [5.74, 6) is 1.07. The number of aromatic amines is 1. The van der Waals surface area contributed by atoms with Gasteiger partial charge < -0.3 is 10.1 Å². The molecule has 1 aromatic carbocycles. The number of aryl methyl sites for hydroxylation is 1. The third-order valence-electron chi connectivity index (χ3n) is 5.62. The van der Waals surface area contributed by atoms with E-state index in [2.05, 4.69) is 20.4 Å². The Morgan fingerprint density at radius 2 is 2.03 bits per heavy atom. The van der Waals surface area contributed by atoms with E-state index in [1.807, 2.05) is 6.07 Å². The molecule has 166 valence electrons. The minimum Gasteiger partial charge on any atom is -0.482 e. The van der Waals surface area contributed by atoms with E-state index < -0.39 is 0 Å². The van der Waals surface area contributed by atoms with Crippen LogP contribution in [0.5, 0.6) is 5.75 Å². The zero-order chi connectivity index (χ0) is 22.2. The fourth-order valence-corrected chi connectivity index (χ4v) is 4.30. The highest BCUT2D eigenvalue weighted by molar-refractivity contribution is 6.35. The first kappa shape index (κ1) is 21.0. The summed E-state index contributed by atoms with van der Waals surface area (Å²) in [5, 5.41) is 8.24. The molecule has 2 heterocycles. The van der Waals surface area contributed by atoms with Crippen LogP contribution in [0.4, 0.5) is 5.82 Å². The van der Waals surface area contributed by atoms with Gasteiger partial charge in [-0.15, -0.1) is 0 Å². The van der Waals surface area contributed by atoms with Crippen molar-refractivity contribution >= 4 is 34.9 Å². The number of aromatic nitrogens is 4. The summed E-state index contributed by atoms with van der Waals surface area (Å²) >= 11 is 12.0. The SMILES string of the molecule is O=C(COc1ccc(Cl)cc1Cl)Nc1cc(C2CC2)nn1-c1nc2c(c(=O)[nH]1)CCCC2. The van der Waals surface area contributed by atoms with Crippen molar-refractivity contribution in [2.45, 2.75) is 44.4 Å². The average molecular weight is 474 g/mol.